The van der Waals surface area contributed by atoms with E-state index in [1.807, 2.05) is 0 Å². The highest BCUT2D eigenvalue weighted by molar-refractivity contribution is 6.30. The van der Waals surface area contributed by atoms with Crippen molar-refractivity contribution in [2.45, 2.75) is 25.6 Å². The molecule has 3 aromatic rings. The number of rotatable bonds is 5. The zero-order chi connectivity index (χ0) is 18.7. The molecule has 0 atom stereocenters. The first kappa shape index (κ1) is 18.1. The summed E-state index contributed by atoms with van der Waals surface area (Å²) >= 11 is 5.61. The highest BCUT2D eigenvalue weighted by Gasteiger charge is 2.32. The van der Waals surface area contributed by atoms with Crippen molar-refractivity contribution in [3.63, 3.8) is 0 Å². The Morgan fingerprint density at radius 1 is 1.31 bits per heavy atom. The number of nitrogens with zero attached hydrogens (tertiary/aromatic N) is 4. The van der Waals surface area contributed by atoms with Crippen molar-refractivity contribution < 1.29 is 17.7 Å². The minimum atomic E-state index is -4.58. The Balaban J connectivity index is 1.68. The SMILES string of the molecule is O=c1c(Cl)cc(C(F)(F)F)cn1CCCc1nc(-c2cccnc2)no1. The lowest BCUT2D eigenvalue weighted by molar-refractivity contribution is -0.138. The summed E-state index contributed by atoms with van der Waals surface area (Å²) in [6.07, 6.45) is -0.00563. The van der Waals surface area contributed by atoms with E-state index in [0.717, 1.165) is 10.8 Å². The van der Waals surface area contributed by atoms with Crippen LogP contribution in [0.1, 0.15) is 17.9 Å². The highest BCUT2D eigenvalue weighted by atomic mass is 35.5. The molecular weight excluding hydrogens is 373 g/mol. The van der Waals surface area contributed by atoms with E-state index in [2.05, 4.69) is 15.1 Å². The van der Waals surface area contributed by atoms with Crippen LogP contribution < -0.4 is 5.56 Å². The molecule has 0 saturated heterocycles. The maximum atomic E-state index is 12.8. The molecule has 136 valence electrons. The summed E-state index contributed by atoms with van der Waals surface area (Å²) in [6.45, 7) is 0.0348. The van der Waals surface area contributed by atoms with Crippen LogP contribution in [-0.2, 0) is 19.1 Å². The van der Waals surface area contributed by atoms with Crippen molar-refractivity contribution in [3.05, 3.63) is 63.6 Å². The molecule has 26 heavy (non-hydrogen) atoms. The molecule has 0 radical (unpaired) electrons. The van der Waals surface area contributed by atoms with Gasteiger partial charge in [0, 0.05) is 37.1 Å². The van der Waals surface area contributed by atoms with Crippen LogP contribution >= 0.6 is 11.6 Å². The summed E-state index contributed by atoms with van der Waals surface area (Å²) in [5, 5.41) is 3.35. The van der Waals surface area contributed by atoms with Gasteiger partial charge in [-0.05, 0) is 24.6 Å². The van der Waals surface area contributed by atoms with E-state index in [1.54, 1.807) is 24.5 Å². The van der Waals surface area contributed by atoms with E-state index in [4.69, 9.17) is 16.1 Å². The molecule has 0 aliphatic rings. The van der Waals surface area contributed by atoms with E-state index in [9.17, 15) is 18.0 Å². The van der Waals surface area contributed by atoms with Gasteiger partial charge in [-0.1, -0.05) is 16.8 Å². The lowest BCUT2D eigenvalue weighted by atomic mass is 10.2. The number of pyridine rings is 2. The van der Waals surface area contributed by atoms with Crippen LogP contribution in [-0.4, -0.2) is 19.7 Å². The van der Waals surface area contributed by atoms with Crippen molar-refractivity contribution in [3.8, 4) is 11.4 Å². The van der Waals surface area contributed by atoms with E-state index in [1.165, 1.54) is 0 Å². The quantitative estimate of drug-likeness (QED) is 0.672. The summed E-state index contributed by atoms with van der Waals surface area (Å²) in [4.78, 5) is 20.0. The Kier molecular flexibility index (Phi) is 5.08. The Bertz CT molecular complexity index is 954. The fourth-order valence-electron chi connectivity index (χ4n) is 2.29. The lowest BCUT2D eigenvalue weighted by Crippen LogP contribution is -2.23. The predicted molar refractivity (Wildman–Crippen MR) is 86.6 cm³/mol. The molecular formula is C16H12ClF3N4O2. The molecule has 0 fully saturated rings. The van der Waals surface area contributed by atoms with E-state index in [-0.39, 0.29) is 6.54 Å². The number of hydrogen-bond acceptors (Lipinski definition) is 5. The second-order valence-corrected chi connectivity index (χ2v) is 5.84. The molecule has 0 aromatic carbocycles. The molecule has 0 aliphatic heterocycles. The summed E-state index contributed by atoms with van der Waals surface area (Å²) in [5.41, 5.74) is -0.969. The Morgan fingerprint density at radius 3 is 2.81 bits per heavy atom. The van der Waals surface area contributed by atoms with Gasteiger partial charge in [-0.15, -0.1) is 0 Å². The molecule has 0 aliphatic carbocycles. The first-order valence-electron chi connectivity index (χ1n) is 7.55. The fraction of sp³-hybridized carbons (Fsp3) is 0.250. The minimum absolute atomic E-state index is 0.0348. The van der Waals surface area contributed by atoms with E-state index in [0.29, 0.717) is 36.2 Å². The number of alkyl halides is 3. The largest absolute Gasteiger partial charge is 0.417 e. The van der Waals surface area contributed by atoms with Gasteiger partial charge in [-0.25, -0.2) is 0 Å². The molecule has 0 amide bonds. The van der Waals surface area contributed by atoms with E-state index >= 15 is 0 Å². The standard InChI is InChI=1S/C16H12ClF3N4O2/c17-12-7-11(16(18,19)20)9-24(15(12)25)6-2-4-13-22-14(23-26-13)10-3-1-5-21-8-10/h1,3,5,7-9H,2,4,6H2. The molecule has 0 N–H and O–H groups in total. The second-order valence-electron chi connectivity index (χ2n) is 5.43. The van der Waals surface area contributed by atoms with Gasteiger partial charge in [0.05, 0.1) is 5.56 Å². The third-order valence-corrected chi connectivity index (χ3v) is 3.82. The Hall–Kier alpha value is -2.68. The summed E-state index contributed by atoms with van der Waals surface area (Å²) in [6, 6.07) is 4.12. The summed E-state index contributed by atoms with van der Waals surface area (Å²) in [7, 11) is 0. The molecule has 0 saturated carbocycles. The first-order chi connectivity index (χ1) is 12.3. The van der Waals surface area contributed by atoms with Gasteiger partial charge in [0.1, 0.15) is 5.02 Å². The van der Waals surface area contributed by atoms with Crippen LogP contribution in [0, 0.1) is 0 Å². The molecule has 3 aromatic heterocycles. The topological polar surface area (TPSA) is 73.8 Å². The van der Waals surface area contributed by atoms with Crippen LogP contribution in [0.3, 0.4) is 0 Å². The molecule has 10 heteroatoms. The third kappa shape index (κ3) is 4.10. The van der Waals surface area contributed by atoms with Crippen LogP contribution in [0.15, 0.2) is 46.1 Å². The van der Waals surface area contributed by atoms with Crippen molar-refractivity contribution in [2.75, 3.05) is 0 Å². The van der Waals surface area contributed by atoms with Crippen molar-refractivity contribution in [2.24, 2.45) is 0 Å². The zero-order valence-electron chi connectivity index (χ0n) is 13.2. The zero-order valence-corrected chi connectivity index (χ0v) is 14.0. The van der Waals surface area contributed by atoms with Gasteiger partial charge in [-0.2, -0.15) is 18.2 Å². The maximum Gasteiger partial charge on any atom is 0.417 e. The second kappa shape index (κ2) is 7.28. The van der Waals surface area contributed by atoms with Crippen LogP contribution in [0.5, 0.6) is 0 Å². The van der Waals surface area contributed by atoms with Crippen LogP contribution in [0.25, 0.3) is 11.4 Å². The predicted octanol–water partition coefficient (Wildman–Crippen LogP) is 3.60. The smallest absolute Gasteiger partial charge is 0.339 e. The summed E-state index contributed by atoms with van der Waals surface area (Å²) in [5.74, 6) is 0.683. The number of hydrogen-bond donors (Lipinski definition) is 0. The van der Waals surface area contributed by atoms with Gasteiger partial charge in [0.25, 0.3) is 5.56 Å². The first-order valence-corrected chi connectivity index (χ1v) is 7.92. The van der Waals surface area contributed by atoms with Crippen molar-refractivity contribution in [1.29, 1.82) is 0 Å². The molecule has 3 rings (SSSR count). The van der Waals surface area contributed by atoms with Gasteiger partial charge in [0.15, 0.2) is 0 Å². The monoisotopic (exact) mass is 384 g/mol. The number of aryl methyl sites for hydroxylation is 2. The Labute approximate surface area is 150 Å². The molecule has 6 nitrogen and oxygen atoms in total. The van der Waals surface area contributed by atoms with Gasteiger partial charge in [0.2, 0.25) is 11.7 Å². The number of aromatic nitrogens is 4. The average Bonchev–Trinajstić information content (AvgIpc) is 3.07. The summed E-state index contributed by atoms with van der Waals surface area (Å²) < 4.78 is 44.5. The molecule has 0 bridgehead atoms. The minimum Gasteiger partial charge on any atom is -0.339 e. The highest BCUT2D eigenvalue weighted by Crippen LogP contribution is 2.29. The van der Waals surface area contributed by atoms with Crippen LogP contribution in [0.2, 0.25) is 5.02 Å². The lowest BCUT2D eigenvalue weighted by Gasteiger charge is -2.11. The number of halogens is 4. The van der Waals surface area contributed by atoms with Crippen molar-refractivity contribution >= 4 is 11.6 Å². The van der Waals surface area contributed by atoms with Crippen LogP contribution in [0.4, 0.5) is 13.2 Å². The molecule has 3 heterocycles. The maximum absolute atomic E-state index is 12.8. The van der Waals surface area contributed by atoms with Gasteiger partial charge in [-0.3, -0.25) is 9.78 Å². The third-order valence-electron chi connectivity index (χ3n) is 3.55. The fourth-order valence-corrected chi connectivity index (χ4v) is 2.52. The average molecular weight is 385 g/mol. The Morgan fingerprint density at radius 2 is 2.12 bits per heavy atom. The van der Waals surface area contributed by atoms with Gasteiger partial charge < -0.3 is 9.09 Å². The molecule has 0 spiro atoms. The normalized spacial score (nSPS) is 11.7. The van der Waals surface area contributed by atoms with Crippen molar-refractivity contribution in [1.82, 2.24) is 19.7 Å². The van der Waals surface area contributed by atoms with Gasteiger partial charge >= 0.3 is 6.18 Å². The van der Waals surface area contributed by atoms with E-state index < -0.39 is 22.3 Å². The molecule has 0 unspecified atom stereocenters.